The average molecular weight is 291 g/mol. The van der Waals surface area contributed by atoms with Crippen molar-refractivity contribution in [1.29, 1.82) is 0 Å². The summed E-state index contributed by atoms with van der Waals surface area (Å²) < 4.78 is 5.21. The number of ether oxygens (including phenoxy) is 1. The molecule has 4 heteroatoms. The number of rotatable bonds is 7. The van der Waals surface area contributed by atoms with Gasteiger partial charge in [0.05, 0.1) is 7.11 Å². The lowest BCUT2D eigenvalue weighted by Crippen LogP contribution is -2.59. The molecule has 0 heterocycles. The summed E-state index contributed by atoms with van der Waals surface area (Å²) in [7, 11) is 6.07. The van der Waals surface area contributed by atoms with Crippen LogP contribution in [-0.4, -0.2) is 37.7 Å². The summed E-state index contributed by atoms with van der Waals surface area (Å²) in [6.07, 6.45) is 7.17. The predicted molar refractivity (Wildman–Crippen MR) is 87.3 cm³/mol. The highest BCUT2D eigenvalue weighted by Crippen LogP contribution is 2.38. The number of likely N-dealkylation sites (N-methyl/N-ethyl adjacent to an activating group) is 1. The number of benzene rings is 1. The van der Waals surface area contributed by atoms with Gasteiger partial charge in [-0.3, -0.25) is 11.3 Å². The van der Waals surface area contributed by atoms with Gasteiger partial charge in [0.2, 0.25) is 0 Å². The molecule has 1 aromatic carbocycles. The topological polar surface area (TPSA) is 50.5 Å². The van der Waals surface area contributed by atoms with E-state index >= 15 is 0 Å². The molecule has 0 aliphatic heterocycles. The Bertz CT molecular complexity index is 424. The molecule has 2 rings (SSSR count). The van der Waals surface area contributed by atoms with E-state index < -0.39 is 0 Å². The summed E-state index contributed by atoms with van der Waals surface area (Å²) in [4.78, 5) is 2.37. The van der Waals surface area contributed by atoms with E-state index in [0.717, 1.165) is 18.6 Å². The van der Waals surface area contributed by atoms with Crippen molar-refractivity contribution in [3.63, 3.8) is 0 Å². The van der Waals surface area contributed by atoms with Crippen molar-refractivity contribution in [3.05, 3.63) is 29.8 Å². The monoisotopic (exact) mass is 291 g/mol. The molecule has 0 aromatic heterocycles. The maximum Gasteiger partial charge on any atom is 0.118 e. The normalized spacial score (nSPS) is 18.9. The average Bonchev–Trinajstić information content (AvgIpc) is 2.99. The van der Waals surface area contributed by atoms with Crippen LogP contribution in [0.25, 0.3) is 0 Å². The van der Waals surface area contributed by atoms with Crippen LogP contribution in [0, 0.1) is 0 Å². The van der Waals surface area contributed by atoms with Crippen LogP contribution < -0.4 is 16.0 Å². The van der Waals surface area contributed by atoms with Gasteiger partial charge in [0, 0.05) is 11.6 Å². The van der Waals surface area contributed by atoms with E-state index in [4.69, 9.17) is 10.6 Å². The van der Waals surface area contributed by atoms with Gasteiger partial charge < -0.3 is 9.64 Å². The van der Waals surface area contributed by atoms with Crippen molar-refractivity contribution >= 4 is 0 Å². The lowest BCUT2D eigenvalue weighted by molar-refractivity contribution is 0.100. The number of nitrogens with zero attached hydrogens (tertiary/aromatic N) is 1. The molecule has 1 aliphatic carbocycles. The minimum absolute atomic E-state index is 0.210. The van der Waals surface area contributed by atoms with E-state index in [1.807, 2.05) is 12.1 Å². The molecule has 0 saturated heterocycles. The van der Waals surface area contributed by atoms with Crippen molar-refractivity contribution in [3.8, 4) is 5.75 Å². The van der Waals surface area contributed by atoms with Gasteiger partial charge in [-0.2, -0.15) is 0 Å². The quantitative estimate of drug-likeness (QED) is 0.598. The third-order valence-electron chi connectivity index (χ3n) is 5.09. The molecule has 0 bridgehead atoms. The van der Waals surface area contributed by atoms with Crippen LogP contribution >= 0.6 is 0 Å². The fraction of sp³-hybridized carbons (Fsp3) is 0.647. The Morgan fingerprint density at radius 3 is 2.33 bits per heavy atom. The van der Waals surface area contributed by atoms with Crippen molar-refractivity contribution in [2.45, 2.75) is 50.1 Å². The highest BCUT2D eigenvalue weighted by molar-refractivity contribution is 5.27. The van der Waals surface area contributed by atoms with Gasteiger partial charge in [0.1, 0.15) is 5.75 Å². The molecular weight excluding hydrogens is 262 g/mol. The Labute approximate surface area is 128 Å². The first-order valence-electron chi connectivity index (χ1n) is 7.89. The van der Waals surface area contributed by atoms with E-state index in [1.54, 1.807) is 7.11 Å². The van der Waals surface area contributed by atoms with E-state index in [-0.39, 0.29) is 5.54 Å². The molecule has 1 saturated carbocycles. The Balaban J connectivity index is 2.01. The summed E-state index contributed by atoms with van der Waals surface area (Å²) in [6, 6.07) is 8.67. The first-order valence-corrected chi connectivity index (χ1v) is 7.89. The number of hydrogen-bond donors (Lipinski definition) is 2. The maximum atomic E-state index is 5.89. The van der Waals surface area contributed by atoms with E-state index in [9.17, 15) is 0 Å². The second-order valence-electron chi connectivity index (χ2n) is 6.31. The molecule has 4 nitrogen and oxygen atoms in total. The molecule has 1 unspecified atom stereocenters. The van der Waals surface area contributed by atoms with E-state index in [0.29, 0.717) is 6.04 Å². The van der Waals surface area contributed by atoms with Gasteiger partial charge in [0.15, 0.2) is 0 Å². The summed E-state index contributed by atoms with van der Waals surface area (Å²) in [5.74, 6) is 6.80. The Kier molecular flexibility index (Phi) is 5.62. The first-order chi connectivity index (χ1) is 10.1. The molecular formula is C17H29N3O. The van der Waals surface area contributed by atoms with Crippen molar-refractivity contribution in [2.24, 2.45) is 5.84 Å². The second-order valence-corrected chi connectivity index (χ2v) is 6.31. The van der Waals surface area contributed by atoms with E-state index in [2.05, 4.69) is 36.6 Å². The minimum Gasteiger partial charge on any atom is -0.497 e. The molecule has 0 radical (unpaired) electrons. The molecule has 21 heavy (non-hydrogen) atoms. The number of hydrogen-bond acceptors (Lipinski definition) is 4. The third kappa shape index (κ3) is 3.57. The third-order valence-corrected chi connectivity index (χ3v) is 5.09. The standard InChI is InChI=1S/C17H29N3O/c1-20(2)17(12-4-5-13-17)16(19-18)11-8-14-6-9-15(21-3)10-7-14/h6-7,9-10,16,19H,4-5,8,11-13,18H2,1-3H3. The van der Waals surface area contributed by atoms with Crippen molar-refractivity contribution in [1.82, 2.24) is 10.3 Å². The molecule has 1 atom stereocenters. The number of aryl methyl sites for hydroxylation is 1. The second kappa shape index (κ2) is 7.25. The van der Waals surface area contributed by atoms with Crippen molar-refractivity contribution < 1.29 is 4.74 Å². The maximum absolute atomic E-state index is 5.89. The number of hydrazine groups is 1. The number of nitrogens with two attached hydrogens (primary N) is 1. The van der Waals surface area contributed by atoms with Crippen LogP contribution in [0.1, 0.15) is 37.7 Å². The van der Waals surface area contributed by atoms with Gasteiger partial charge in [-0.25, -0.2) is 0 Å². The zero-order valence-electron chi connectivity index (χ0n) is 13.6. The zero-order valence-corrected chi connectivity index (χ0v) is 13.6. The van der Waals surface area contributed by atoms with E-state index in [1.165, 1.54) is 31.2 Å². The smallest absolute Gasteiger partial charge is 0.118 e. The summed E-state index contributed by atoms with van der Waals surface area (Å²) in [5.41, 5.74) is 4.64. The predicted octanol–water partition coefficient (Wildman–Crippen LogP) is 2.33. The highest BCUT2D eigenvalue weighted by atomic mass is 16.5. The SMILES string of the molecule is COc1ccc(CCC(NN)C2(N(C)C)CCCC2)cc1. The highest BCUT2D eigenvalue weighted by Gasteiger charge is 2.42. The molecule has 1 fully saturated rings. The molecule has 0 amide bonds. The Hall–Kier alpha value is -1.10. The zero-order chi connectivity index (χ0) is 15.3. The van der Waals surface area contributed by atoms with Crippen LogP contribution in [0.3, 0.4) is 0 Å². The Morgan fingerprint density at radius 1 is 1.24 bits per heavy atom. The Morgan fingerprint density at radius 2 is 1.86 bits per heavy atom. The van der Waals surface area contributed by atoms with Gasteiger partial charge in [-0.1, -0.05) is 25.0 Å². The summed E-state index contributed by atoms with van der Waals surface area (Å²) in [6.45, 7) is 0. The molecule has 1 aromatic rings. The molecule has 3 N–H and O–H groups in total. The molecule has 0 spiro atoms. The fourth-order valence-corrected chi connectivity index (χ4v) is 3.70. The van der Waals surface area contributed by atoms with Crippen molar-refractivity contribution in [2.75, 3.05) is 21.2 Å². The molecule has 118 valence electrons. The largest absolute Gasteiger partial charge is 0.497 e. The number of methoxy groups -OCH3 is 1. The van der Waals surface area contributed by atoms with Crippen LogP contribution in [0.5, 0.6) is 5.75 Å². The van der Waals surface area contributed by atoms with Crippen LogP contribution in [0.15, 0.2) is 24.3 Å². The fourth-order valence-electron chi connectivity index (χ4n) is 3.70. The van der Waals surface area contributed by atoms with Gasteiger partial charge in [-0.05, 0) is 57.5 Å². The first kappa shape index (κ1) is 16.3. The van der Waals surface area contributed by atoms with Crippen LogP contribution in [0.4, 0.5) is 0 Å². The van der Waals surface area contributed by atoms with Crippen LogP contribution in [0.2, 0.25) is 0 Å². The lowest BCUT2D eigenvalue weighted by atomic mass is 9.83. The van der Waals surface area contributed by atoms with Gasteiger partial charge in [0.25, 0.3) is 0 Å². The minimum atomic E-state index is 0.210. The summed E-state index contributed by atoms with van der Waals surface area (Å²) >= 11 is 0. The van der Waals surface area contributed by atoms with Gasteiger partial charge in [-0.15, -0.1) is 0 Å². The van der Waals surface area contributed by atoms with Gasteiger partial charge >= 0.3 is 0 Å². The van der Waals surface area contributed by atoms with Crippen LogP contribution in [-0.2, 0) is 6.42 Å². The molecule has 1 aliphatic rings. The summed E-state index contributed by atoms with van der Waals surface area (Å²) in [5, 5.41) is 0. The number of nitrogens with one attached hydrogen (secondary N) is 1. The lowest BCUT2D eigenvalue weighted by Gasteiger charge is -2.43.